The Morgan fingerprint density at radius 3 is 2.85 bits per heavy atom. The fourth-order valence-corrected chi connectivity index (χ4v) is 4.03. The summed E-state index contributed by atoms with van der Waals surface area (Å²) >= 11 is 7.77. The summed E-state index contributed by atoms with van der Waals surface area (Å²) in [7, 11) is 0. The van der Waals surface area contributed by atoms with Gasteiger partial charge in [0.15, 0.2) is 0 Å². The minimum Gasteiger partial charge on any atom is -0.411 e. The van der Waals surface area contributed by atoms with E-state index in [0.29, 0.717) is 22.0 Å². The second-order valence-electron chi connectivity index (χ2n) is 6.04. The van der Waals surface area contributed by atoms with E-state index < -0.39 is 0 Å². The summed E-state index contributed by atoms with van der Waals surface area (Å²) < 4.78 is 5.84. The molecule has 0 unspecified atom stereocenters. The first kappa shape index (κ1) is 16.4. The highest BCUT2D eigenvalue weighted by molar-refractivity contribution is 7.98. The van der Waals surface area contributed by atoms with Crippen molar-refractivity contribution in [3.05, 3.63) is 71.5 Å². The molecule has 0 fully saturated rings. The Hall–Kier alpha value is -2.83. The molecule has 0 spiro atoms. The molecule has 0 bridgehead atoms. The van der Waals surface area contributed by atoms with Gasteiger partial charge < -0.3 is 9.40 Å². The summed E-state index contributed by atoms with van der Waals surface area (Å²) in [5.41, 5.74) is 3.76. The van der Waals surface area contributed by atoms with Crippen molar-refractivity contribution in [2.45, 2.75) is 11.0 Å². The SMILES string of the molecule is Clc1nc2ccccc2cc1CSc1nnc(-c2c[nH]c3ccccc23)o1. The number of para-hydroxylation sites is 2. The third-order valence-corrected chi connectivity index (χ3v) is 5.52. The molecule has 5 rings (SSSR count). The van der Waals surface area contributed by atoms with Gasteiger partial charge in [0.1, 0.15) is 5.15 Å². The van der Waals surface area contributed by atoms with Crippen LogP contribution < -0.4 is 0 Å². The highest BCUT2D eigenvalue weighted by Crippen LogP contribution is 2.32. The molecule has 3 aromatic heterocycles. The van der Waals surface area contributed by atoms with Crippen LogP contribution in [0.15, 0.2) is 70.4 Å². The minimum absolute atomic E-state index is 0.498. The van der Waals surface area contributed by atoms with Crippen LogP contribution >= 0.6 is 23.4 Å². The highest BCUT2D eigenvalue weighted by atomic mass is 35.5. The molecule has 132 valence electrons. The van der Waals surface area contributed by atoms with E-state index in [4.69, 9.17) is 16.0 Å². The number of H-pyrrole nitrogens is 1. The van der Waals surface area contributed by atoms with Crippen LogP contribution in [0.1, 0.15) is 5.56 Å². The molecule has 7 heteroatoms. The number of benzene rings is 2. The zero-order chi connectivity index (χ0) is 18.2. The predicted octanol–water partition coefficient (Wildman–Crippen LogP) is 5.71. The summed E-state index contributed by atoms with van der Waals surface area (Å²) in [4.78, 5) is 7.67. The zero-order valence-corrected chi connectivity index (χ0v) is 15.6. The molecular formula is C20H13ClN4OS. The molecule has 0 aliphatic rings. The molecule has 0 aliphatic heterocycles. The van der Waals surface area contributed by atoms with Gasteiger partial charge in [-0.1, -0.05) is 59.8 Å². The van der Waals surface area contributed by atoms with Gasteiger partial charge >= 0.3 is 0 Å². The molecule has 0 saturated carbocycles. The molecule has 0 radical (unpaired) electrons. The average Bonchev–Trinajstić information content (AvgIpc) is 3.33. The number of thioether (sulfide) groups is 1. The van der Waals surface area contributed by atoms with Gasteiger partial charge in [-0.3, -0.25) is 0 Å². The Kier molecular flexibility index (Phi) is 4.07. The summed E-state index contributed by atoms with van der Waals surface area (Å²) in [6, 6.07) is 18.0. The molecule has 0 atom stereocenters. The van der Waals surface area contributed by atoms with E-state index in [1.54, 1.807) is 0 Å². The number of aromatic nitrogens is 4. The van der Waals surface area contributed by atoms with E-state index in [-0.39, 0.29) is 0 Å². The van der Waals surface area contributed by atoms with Gasteiger partial charge in [-0.25, -0.2) is 4.98 Å². The number of rotatable bonds is 4. The Morgan fingerprint density at radius 2 is 1.89 bits per heavy atom. The molecule has 3 heterocycles. The van der Waals surface area contributed by atoms with Crippen LogP contribution in [0.25, 0.3) is 33.3 Å². The van der Waals surface area contributed by atoms with Crippen molar-refractivity contribution in [2.24, 2.45) is 0 Å². The van der Waals surface area contributed by atoms with Crippen molar-refractivity contribution in [3.8, 4) is 11.5 Å². The van der Waals surface area contributed by atoms with Gasteiger partial charge in [0.2, 0.25) is 0 Å². The zero-order valence-electron chi connectivity index (χ0n) is 14.0. The third-order valence-electron chi connectivity index (χ3n) is 4.33. The molecule has 0 saturated heterocycles. The Morgan fingerprint density at radius 1 is 1.04 bits per heavy atom. The van der Waals surface area contributed by atoms with Gasteiger partial charge in [0, 0.05) is 33.8 Å². The first-order chi connectivity index (χ1) is 13.3. The van der Waals surface area contributed by atoms with Crippen molar-refractivity contribution < 1.29 is 4.42 Å². The van der Waals surface area contributed by atoms with E-state index >= 15 is 0 Å². The third kappa shape index (κ3) is 3.07. The first-order valence-corrected chi connectivity index (χ1v) is 9.71. The van der Waals surface area contributed by atoms with E-state index in [1.807, 2.05) is 54.7 Å². The maximum absolute atomic E-state index is 6.33. The molecule has 1 N–H and O–H groups in total. The predicted molar refractivity (Wildman–Crippen MR) is 108 cm³/mol. The Bertz CT molecular complexity index is 1260. The number of pyridine rings is 1. The monoisotopic (exact) mass is 392 g/mol. The lowest BCUT2D eigenvalue weighted by molar-refractivity contribution is 0.466. The summed E-state index contributed by atoms with van der Waals surface area (Å²) in [5, 5.41) is 11.5. The average molecular weight is 393 g/mol. The number of fused-ring (bicyclic) bond motifs is 2. The number of hydrogen-bond donors (Lipinski definition) is 1. The number of aromatic amines is 1. The van der Waals surface area contributed by atoms with Crippen LogP contribution in [0.2, 0.25) is 5.15 Å². The second kappa shape index (κ2) is 6.72. The van der Waals surface area contributed by atoms with Crippen molar-refractivity contribution >= 4 is 45.2 Å². The van der Waals surface area contributed by atoms with Crippen molar-refractivity contribution in [3.63, 3.8) is 0 Å². The van der Waals surface area contributed by atoms with Crippen molar-refractivity contribution in [1.82, 2.24) is 20.2 Å². The largest absolute Gasteiger partial charge is 0.411 e. The first-order valence-electron chi connectivity index (χ1n) is 8.35. The highest BCUT2D eigenvalue weighted by Gasteiger charge is 2.14. The van der Waals surface area contributed by atoms with Crippen LogP contribution in [-0.2, 0) is 5.75 Å². The fourth-order valence-electron chi connectivity index (χ4n) is 3.00. The number of nitrogens with zero attached hydrogens (tertiary/aromatic N) is 3. The van der Waals surface area contributed by atoms with Crippen molar-refractivity contribution in [2.75, 3.05) is 0 Å². The Labute approximate surface area is 163 Å². The number of nitrogens with one attached hydrogen (secondary N) is 1. The van der Waals surface area contributed by atoms with E-state index in [1.165, 1.54) is 11.8 Å². The van der Waals surface area contributed by atoms with Crippen LogP contribution in [0.3, 0.4) is 0 Å². The molecular weight excluding hydrogens is 380 g/mol. The normalized spacial score (nSPS) is 11.4. The van der Waals surface area contributed by atoms with Crippen LogP contribution in [0.5, 0.6) is 0 Å². The van der Waals surface area contributed by atoms with Gasteiger partial charge in [-0.05, 0) is 18.2 Å². The second-order valence-corrected chi connectivity index (χ2v) is 7.33. The van der Waals surface area contributed by atoms with Gasteiger partial charge in [0.25, 0.3) is 11.1 Å². The standard InChI is InChI=1S/C20H13ClN4OS/c21-18-13(9-12-5-1-3-7-16(12)23-18)11-27-20-25-24-19(26-20)15-10-22-17-8-4-2-6-14(15)17/h1-10,22H,11H2. The molecule has 0 aliphatic carbocycles. The lowest BCUT2D eigenvalue weighted by Gasteiger charge is -2.04. The smallest absolute Gasteiger partial charge is 0.277 e. The minimum atomic E-state index is 0.498. The van der Waals surface area contributed by atoms with Gasteiger partial charge in [0.05, 0.1) is 11.1 Å². The summed E-state index contributed by atoms with van der Waals surface area (Å²) in [5.74, 6) is 1.10. The Balaban J connectivity index is 1.39. The maximum atomic E-state index is 6.33. The number of halogens is 1. The number of hydrogen-bond acceptors (Lipinski definition) is 5. The lowest BCUT2D eigenvalue weighted by Crippen LogP contribution is -1.88. The molecule has 27 heavy (non-hydrogen) atoms. The molecule has 5 nitrogen and oxygen atoms in total. The van der Waals surface area contributed by atoms with Crippen LogP contribution in [0, 0.1) is 0 Å². The molecule has 0 amide bonds. The molecule has 5 aromatic rings. The van der Waals surface area contributed by atoms with Crippen molar-refractivity contribution in [1.29, 1.82) is 0 Å². The van der Waals surface area contributed by atoms with Crippen LogP contribution in [-0.4, -0.2) is 20.2 Å². The van der Waals surface area contributed by atoms with Crippen LogP contribution in [0.4, 0.5) is 0 Å². The topological polar surface area (TPSA) is 67.6 Å². The maximum Gasteiger partial charge on any atom is 0.277 e. The molecule has 2 aromatic carbocycles. The van der Waals surface area contributed by atoms with E-state index in [2.05, 4.69) is 26.2 Å². The fraction of sp³-hybridized carbons (Fsp3) is 0.0500. The van der Waals surface area contributed by atoms with Gasteiger partial charge in [-0.15, -0.1) is 10.2 Å². The lowest BCUT2D eigenvalue weighted by atomic mass is 10.2. The summed E-state index contributed by atoms with van der Waals surface area (Å²) in [6.07, 6.45) is 1.89. The van der Waals surface area contributed by atoms with E-state index in [9.17, 15) is 0 Å². The quantitative estimate of drug-likeness (QED) is 0.313. The summed E-state index contributed by atoms with van der Waals surface area (Å²) in [6.45, 7) is 0. The van der Waals surface area contributed by atoms with E-state index in [0.717, 1.165) is 32.9 Å². The van der Waals surface area contributed by atoms with Gasteiger partial charge in [-0.2, -0.15) is 0 Å².